The van der Waals surface area contributed by atoms with E-state index in [1.807, 2.05) is 6.08 Å². The first-order valence-electron chi connectivity index (χ1n) is 34.4. The van der Waals surface area contributed by atoms with Crippen LogP contribution >= 0.6 is 0 Å². The largest absolute Gasteiger partial charge is 0.466 e. The van der Waals surface area contributed by atoms with Crippen LogP contribution in [0.25, 0.3) is 0 Å². The number of ether oxygens (including phenoxy) is 1. The Balaban J connectivity index is 3.47. The molecule has 6 heteroatoms. The zero-order valence-electron chi connectivity index (χ0n) is 51.7. The van der Waals surface area contributed by atoms with Gasteiger partial charge in [0.25, 0.3) is 0 Å². The molecule has 6 nitrogen and oxygen atoms in total. The number of allylic oxidation sites excluding steroid dienone is 7. The molecule has 0 aliphatic heterocycles. The van der Waals surface area contributed by atoms with Gasteiger partial charge in [0.2, 0.25) is 5.91 Å². The van der Waals surface area contributed by atoms with E-state index in [4.69, 9.17) is 4.74 Å². The minimum atomic E-state index is -0.856. The molecule has 0 aliphatic carbocycles. The quantitative estimate of drug-likeness (QED) is 0.0320. The molecule has 0 saturated heterocycles. The Bertz CT molecular complexity index is 1290. The van der Waals surface area contributed by atoms with Crippen molar-refractivity contribution in [3.8, 4) is 0 Å². The topological polar surface area (TPSA) is 95.9 Å². The molecule has 0 radical (unpaired) electrons. The van der Waals surface area contributed by atoms with E-state index in [1.54, 1.807) is 6.08 Å². The average molecular weight is 1080 g/mol. The molecule has 0 aromatic rings. The summed E-state index contributed by atoms with van der Waals surface area (Å²) >= 11 is 0. The zero-order valence-corrected chi connectivity index (χ0v) is 51.7. The molecule has 0 spiro atoms. The Morgan fingerprint density at radius 3 is 1.01 bits per heavy atom. The van der Waals surface area contributed by atoms with Crippen molar-refractivity contribution in [2.45, 2.75) is 379 Å². The normalized spacial score (nSPS) is 12.8. The number of unbranched alkanes of at least 4 members (excludes halogenated alkanes) is 47. The van der Waals surface area contributed by atoms with Crippen molar-refractivity contribution in [1.29, 1.82) is 0 Å². The van der Waals surface area contributed by atoms with Gasteiger partial charge in [-0.05, 0) is 89.9 Å². The molecule has 0 heterocycles. The van der Waals surface area contributed by atoms with Crippen molar-refractivity contribution in [2.75, 3.05) is 13.2 Å². The lowest BCUT2D eigenvalue weighted by atomic mass is 10.0. The maximum Gasteiger partial charge on any atom is 0.305 e. The maximum atomic E-state index is 12.5. The molecule has 77 heavy (non-hydrogen) atoms. The van der Waals surface area contributed by atoms with Gasteiger partial charge >= 0.3 is 5.97 Å². The van der Waals surface area contributed by atoms with Gasteiger partial charge in [-0.15, -0.1) is 0 Å². The SMILES string of the molecule is CCCCCC/C=C\C/C=C\CCCCCCCCCC(=O)OCCCCCCCCCCC/C=C\CCCCCCCC(=O)NC(CO)C(O)/C=C/CCCCCCCCCCCCCCCCCCCCCCCC. The van der Waals surface area contributed by atoms with Crippen molar-refractivity contribution in [3.63, 3.8) is 0 Å². The molecule has 0 rings (SSSR count). The lowest BCUT2D eigenvalue weighted by Crippen LogP contribution is -2.45. The summed E-state index contributed by atoms with van der Waals surface area (Å²) in [6, 6.07) is -0.641. The predicted octanol–water partition coefficient (Wildman–Crippen LogP) is 22.1. The summed E-state index contributed by atoms with van der Waals surface area (Å²) < 4.78 is 5.49. The molecule has 0 saturated carbocycles. The Hall–Kier alpha value is -2.18. The summed E-state index contributed by atoms with van der Waals surface area (Å²) in [5, 5.41) is 23.2. The lowest BCUT2D eigenvalue weighted by Gasteiger charge is -2.20. The first kappa shape index (κ1) is 74.8. The first-order chi connectivity index (χ1) is 38.0. The highest BCUT2D eigenvalue weighted by Gasteiger charge is 2.18. The third-order valence-electron chi connectivity index (χ3n) is 15.8. The van der Waals surface area contributed by atoms with Crippen LogP contribution in [-0.2, 0) is 14.3 Å². The van der Waals surface area contributed by atoms with Crippen molar-refractivity contribution in [1.82, 2.24) is 5.32 Å². The smallest absolute Gasteiger partial charge is 0.305 e. The Morgan fingerprint density at radius 2 is 0.649 bits per heavy atom. The summed E-state index contributed by atoms with van der Waals surface area (Å²) in [6.45, 7) is 4.89. The van der Waals surface area contributed by atoms with Gasteiger partial charge in [0, 0.05) is 12.8 Å². The van der Waals surface area contributed by atoms with E-state index < -0.39 is 12.1 Å². The lowest BCUT2D eigenvalue weighted by molar-refractivity contribution is -0.143. The van der Waals surface area contributed by atoms with Crippen LogP contribution in [0, 0.1) is 0 Å². The molecule has 3 N–H and O–H groups in total. The van der Waals surface area contributed by atoms with Gasteiger partial charge in [-0.2, -0.15) is 0 Å². The molecule has 0 fully saturated rings. The maximum absolute atomic E-state index is 12.5. The highest BCUT2D eigenvalue weighted by atomic mass is 16.5. The fourth-order valence-corrected chi connectivity index (χ4v) is 10.5. The summed E-state index contributed by atoms with van der Waals surface area (Å²) in [4.78, 5) is 24.6. The minimum Gasteiger partial charge on any atom is -0.466 e. The van der Waals surface area contributed by atoms with E-state index in [9.17, 15) is 19.8 Å². The summed E-state index contributed by atoms with van der Waals surface area (Å²) in [6.07, 6.45) is 86.0. The van der Waals surface area contributed by atoms with Gasteiger partial charge in [0.15, 0.2) is 0 Å². The Kier molecular flexibility index (Phi) is 64.5. The van der Waals surface area contributed by atoms with Crippen LogP contribution in [-0.4, -0.2) is 47.4 Å². The van der Waals surface area contributed by atoms with Gasteiger partial charge in [-0.1, -0.05) is 313 Å². The number of hydrogen-bond donors (Lipinski definition) is 3. The highest BCUT2D eigenvalue weighted by Crippen LogP contribution is 2.18. The fourth-order valence-electron chi connectivity index (χ4n) is 10.5. The first-order valence-corrected chi connectivity index (χ1v) is 34.4. The van der Waals surface area contributed by atoms with Crippen molar-refractivity contribution < 1.29 is 24.5 Å². The van der Waals surface area contributed by atoms with E-state index in [1.165, 1.54) is 270 Å². The van der Waals surface area contributed by atoms with Crippen LogP contribution in [0.1, 0.15) is 367 Å². The Morgan fingerprint density at radius 1 is 0.364 bits per heavy atom. The summed E-state index contributed by atoms with van der Waals surface area (Å²) in [5.74, 6) is -0.0844. The molecule has 452 valence electrons. The molecule has 0 aromatic heterocycles. The molecule has 0 aliphatic rings. The van der Waals surface area contributed by atoms with Crippen LogP contribution in [0.4, 0.5) is 0 Å². The van der Waals surface area contributed by atoms with Crippen LogP contribution in [0.15, 0.2) is 48.6 Å². The number of aliphatic hydroxyl groups excluding tert-OH is 2. The average Bonchev–Trinajstić information content (AvgIpc) is 3.43. The van der Waals surface area contributed by atoms with E-state index in [2.05, 4.69) is 55.6 Å². The van der Waals surface area contributed by atoms with E-state index in [0.29, 0.717) is 19.4 Å². The number of rotatable bonds is 64. The van der Waals surface area contributed by atoms with Crippen LogP contribution in [0.3, 0.4) is 0 Å². The van der Waals surface area contributed by atoms with E-state index >= 15 is 0 Å². The fraction of sp³-hybridized carbons (Fsp3) is 0.859. The number of esters is 1. The van der Waals surface area contributed by atoms with E-state index in [-0.39, 0.29) is 18.5 Å². The molecule has 2 unspecified atom stereocenters. The number of aliphatic hydroxyl groups is 2. The number of nitrogens with one attached hydrogen (secondary N) is 1. The molecular weight excluding hydrogens is 947 g/mol. The molecule has 0 aromatic carbocycles. The van der Waals surface area contributed by atoms with Gasteiger partial charge in [0.05, 0.1) is 25.4 Å². The second-order valence-corrected chi connectivity index (χ2v) is 23.5. The van der Waals surface area contributed by atoms with Gasteiger partial charge in [0.1, 0.15) is 0 Å². The Labute approximate surface area is 480 Å². The van der Waals surface area contributed by atoms with Gasteiger partial charge < -0.3 is 20.3 Å². The zero-order chi connectivity index (χ0) is 55.7. The van der Waals surface area contributed by atoms with Gasteiger partial charge in [-0.25, -0.2) is 0 Å². The third-order valence-corrected chi connectivity index (χ3v) is 15.8. The third kappa shape index (κ3) is 62.9. The number of amides is 1. The number of carbonyl (C=O) groups is 2. The molecule has 1 amide bonds. The highest BCUT2D eigenvalue weighted by molar-refractivity contribution is 5.76. The second-order valence-electron chi connectivity index (χ2n) is 23.5. The van der Waals surface area contributed by atoms with Crippen LogP contribution in [0.5, 0.6) is 0 Å². The standard InChI is InChI=1S/C71H133NO5/c1-3-5-7-9-11-13-15-17-19-21-23-24-25-26-27-28-31-35-39-43-47-51-55-59-63-69(74)68(67-73)72-70(75)64-60-56-52-48-44-40-36-32-29-30-34-38-42-46-50-54-58-62-66-77-71(76)65-61-57-53-49-45-41-37-33-22-20-18-16-14-12-10-8-6-4-2/h14,16,20,22,32,36,59,63,68-69,73-74H,3-13,15,17-19,21,23-31,33-35,37-58,60-62,64-67H2,1-2H3,(H,72,75)/b16-14-,22-20-,36-32-,63-59+. The van der Waals surface area contributed by atoms with Crippen LogP contribution < -0.4 is 5.32 Å². The molecule has 0 bridgehead atoms. The molecular formula is C71H133NO5. The molecule has 2 atom stereocenters. The van der Waals surface area contributed by atoms with Crippen LogP contribution in [0.2, 0.25) is 0 Å². The number of carbonyl (C=O) groups excluding carboxylic acids is 2. The summed E-state index contributed by atoms with van der Waals surface area (Å²) in [5.41, 5.74) is 0. The van der Waals surface area contributed by atoms with Crippen molar-refractivity contribution in [2.24, 2.45) is 0 Å². The summed E-state index contributed by atoms with van der Waals surface area (Å²) in [7, 11) is 0. The van der Waals surface area contributed by atoms with Crippen molar-refractivity contribution in [3.05, 3.63) is 48.6 Å². The predicted molar refractivity (Wildman–Crippen MR) is 338 cm³/mol. The monoisotopic (exact) mass is 1080 g/mol. The minimum absolute atomic E-state index is 0.00485. The van der Waals surface area contributed by atoms with E-state index in [0.717, 1.165) is 70.6 Å². The van der Waals surface area contributed by atoms with Crippen molar-refractivity contribution >= 4 is 11.9 Å². The van der Waals surface area contributed by atoms with Gasteiger partial charge in [-0.3, -0.25) is 9.59 Å². The number of hydrogen-bond acceptors (Lipinski definition) is 5. The second kappa shape index (κ2) is 66.3.